The van der Waals surface area contributed by atoms with Crippen LogP contribution in [-0.4, -0.2) is 0 Å². The third kappa shape index (κ3) is 9.64. The molecule has 0 spiro atoms. The van der Waals surface area contributed by atoms with Crippen molar-refractivity contribution in [2.45, 2.75) is 110 Å². The summed E-state index contributed by atoms with van der Waals surface area (Å²) in [6.45, 7) is 2.30. The zero-order chi connectivity index (χ0) is 19.2. The van der Waals surface area contributed by atoms with Crippen molar-refractivity contribution in [1.29, 1.82) is 5.26 Å². The summed E-state index contributed by atoms with van der Waals surface area (Å²) in [6.07, 6.45) is 31.3. The molecule has 0 aliphatic heterocycles. The molecule has 0 saturated heterocycles. The van der Waals surface area contributed by atoms with E-state index in [1.165, 1.54) is 96.3 Å². The van der Waals surface area contributed by atoms with Crippen LogP contribution >= 0.6 is 0 Å². The number of nitrogens with zero attached hydrogens (tertiary/aromatic N) is 1. The Morgan fingerprint density at radius 2 is 1.30 bits per heavy atom. The summed E-state index contributed by atoms with van der Waals surface area (Å²) in [5.41, 5.74) is 0. The molecule has 0 aromatic heterocycles. The molecule has 0 bridgehead atoms. The van der Waals surface area contributed by atoms with Gasteiger partial charge in [0.05, 0.1) is 6.07 Å². The summed E-state index contributed by atoms with van der Waals surface area (Å²) in [4.78, 5) is 0. The molecular weight excluding hydrogens is 326 g/mol. The largest absolute Gasteiger partial charge is 0.193 e. The Bertz CT molecular complexity index is 453. The lowest BCUT2D eigenvalue weighted by molar-refractivity contribution is 0.282. The number of hydrogen-bond acceptors (Lipinski definition) is 1. The molecule has 2 fully saturated rings. The Hall–Kier alpha value is -1.03. The Balaban J connectivity index is 1.53. The van der Waals surface area contributed by atoms with Crippen LogP contribution in [0.4, 0.5) is 0 Å². The fourth-order valence-corrected chi connectivity index (χ4v) is 5.16. The van der Waals surface area contributed by atoms with Gasteiger partial charge >= 0.3 is 0 Å². The molecule has 152 valence electrons. The first-order valence-corrected chi connectivity index (χ1v) is 12.0. The first kappa shape index (κ1) is 22.3. The van der Waals surface area contributed by atoms with Crippen LogP contribution in [0, 0.1) is 35.0 Å². The fraction of sp³-hybridized carbons (Fsp3) is 0.808. The summed E-state index contributed by atoms with van der Waals surface area (Å²) in [6, 6.07) is 2.09. The maximum Gasteiger partial charge on any atom is 0.0908 e. The standard InChI is InChI=1S/C26H43N/c1-2-3-4-5-7-10-23-12-16-25(17-13-23)20-21-26-18-14-24(15-19-26)11-8-6-9-22-27/h6,9,20-21,23-26H,2-5,7-8,10-19H2,1H3/b9-6?,21-20+. The zero-order valence-corrected chi connectivity index (χ0v) is 17.9. The van der Waals surface area contributed by atoms with E-state index in [0.717, 1.165) is 30.1 Å². The van der Waals surface area contributed by atoms with Crippen LogP contribution in [0.15, 0.2) is 24.3 Å². The topological polar surface area (TPSA) is 23.8 Å². The van der Waals surface area contributed by atoms with Gasteiger partial charge in [-0.15, -0.1) is 0 Å². The molecule has 0 N–H and O–H groups in total. The van der Waals surface area contributed by atoms with Crippen LogP contribution in [0.1, 0.15) is 110 Å². The van der Waals surface area contributed by atoms with Crippen LogP contribution in [0.5, 0.6) is 0 Å². The van der Waals surface area contributed by atoms with Crippen LogP contribution in [-0.2, 0) is 0 Å². The predicted octanol–water partition coefficient (Wildman–Crippen LogP) is 8.38. The lowest BCUT2D eigenvalue weighted by Gasteiger charge is -2.29. The summed E-state index contributed by atoms with van der Waals surface area (Å²) >= 11 is 0. The van der Waals surface area contributed by atoms with Crippen LogP contribution in [0.2, 0.25) is 0 Å². The van der Waals surface area contributed by atoms with Gasteiger partial charge in [-0.25, -0.2) is 0 Å². The van der Waals surface area contributed by atoms with Crippen molar-refractivity contribution in [2.24, 2.45) is 23.7 Å². The molecule has 1 heteroatoms. The van der Waals surface area contributed by atoms with Gasteiger partial charge in [-0.05, 0) is 87.9 Å². The number of nitriles is 1. The molecule has 2 rings (SSSR count). The highest BCUT2D eigenvalue weighted by atomic mass is 14.3. The fourth-order valence-electron chi connectivity index (χ4n) is 5.16. The molecule has 1 nitrogen and oxygen atoms in total. The maximum atomic E-state index is 8.54. The number of allylic oxidation sites excluding steroid dienone is 4. The van der Waals surface area contributed by atoms with Gasteiger partial charge in [-0.3, -0.25) is 0 Å². The zero-order valence-electron chi connectivity index (χ0n) is 17.9. The van der Waals surface area contributed by atoms with Crippen LogP contribution in [0.3, 0.4) is 0 Å². The third-order valence-electron chi connectivity index (χ3n) is 7.09. The van der Waals surface area contributed by atoms with Gasteiger partial charge in [-0.1, -0.05) is 63.7 Å². The maximum absolute atomic E-state index is 8.54. The third-order valence-corrected chi connectivity index (χ3v) is 7.09. The highest BCUT2D eigenvalue weighted by Crippen LogP contribution is 2.35. The van der Waals surface area contributed by atoms with Gasteiger partial charge in [0.25, 0.3) is 0 Å². The van der Waals surface area contributed by atoms with E-state index in [1.54, 1.807) is 6.08 Å². The first-order chi connectivity index (χ1) is 13.3. The Kier molecular flexibility index (Phi) is 11.6. The van der Waals surface area contributed by atoms with Crippen molar-refractivity contribution >= 4 is 0 Å². The normalized spacial score (nSPS) is 29.3. The second-order valence-corrected chi connectivity index (χ2v) is 9.26. The van der Waals surface area contributed by atoms with Gasteiger partial charge in [0.1, 0.15) is 0 Å². The molecule has 2 aliphatic carbocycles. The van der Waals surface area contributed by atoms with E-state index < -0.39 is 0 Å². The van der Waals surface area contributed by atoms with Crippen LogP contribution in [0.25, 0.3) is 0 Å². The van der Waals surface area contributed by atoms with E-state index in [-0.39, 0.29) is 0 Å². The van der Waals surface area contributed by atoms with Crippen molar-refractivity contribution < 1.29 is 0 Å². The van der Waals surface area contributed by atoms with E-state index in [0.29, 0.717) is 0 Å². The molecule has 0 unspecified atom stereocenters. The molecule has 27 heavy (non-hydrogen) atoms. The second-order valence-electron chi connectivity index (χ2n) is 9.26. The molecule has 0 atom stereocenters. The van der Waals surface area contributed by atoms with Crippen molar-refractivity contribution in [3.05, 3.63) is 24.3 Å². The van der Waals surface area contributed by atoms with Gasteiger partial charge in [0, 0.05) is 6.08 Å². The summed E-state index contributed by atoms with van der Waals surface area (Å²) in [7, 11) is 0. The highest BCUT2D eigenvalue weighted by molar-refractivity contribution is 5.01. The van der Waals surface area contributed by atoms with E-state index in [1.807, 2.05) is 6.08 Å². The van der Waals surface area contributed by atoms with Crippen molar-refractivity contribution in [3.63, 3.8) is 0 Å². The number of hydrogen-bond donors (Lipinski definition) is 0. The minimum atomic E-state index is 0.840. The SMILES string of the molecule is CCCCCCCC1CCC(/C=C/C2CCC(CCC=CC#N)CC2)CC1. The van der Waals surface area contributed by atoms with E-state index in [4.69, 9.17) is 5.26 Å². The lowest BCUT2D eigenvalue weighted by atomic mass is 9.77. The molecule has 0 amide bonds. The van der Waals surface area contributed by atoms with Gasteiger partial charge in [-0.2, -0.15) is 5.26 Å². The molecule has 0 radical (unpaired) electrons. The molecule has 0 aromatic carbocycles. The molecule has 0 heterocycles. The first-order valence-electron chi connectivity index (χ1n) is 12.0. The monoisotopic (exact) mass is 369 g/mol. The summed E-state index contributed by atoms with van der Waals surface area (Å²) < 4.78 is 0. The Morgan fingerprint density at radius 3 is 1.85 bits per heavy atom. The second kappa shape index (κ2) is 14.0. The van der Waals surface area contributed by atoms with Gasteiger partial charge < -0.3 is 0 Å². The number of rotatable bonds is 11. The molecule has 0 aromatic rings. The Morgan fingerprint density at radius 1 is 0.741 bits per heavy atom. The summed E-state index contributed by atoms with van der Waals surface area (Å²) in [5.74, 6) is 3.63. The van der Waals surface area contributed by atoms with E-state index in [2.05, 4.69) is 25.1 Å². The highest BCUT2D eigenvalue weighted by Gasteiger charge is 2.21. The molecule has 2 saturated carbocycles. The minimum Gasteiger partial charge on any atom is -0.193 e. The average Bonchev–Trinajstić information content (AvgIpc) is 2.71. The summed E-state index contributed by atoms with van der Waals surface area (Å²) in [5, 5.41) is 8.54. The van der Waals surface area contributed by atoms with Gasteiger partial charge in [0.2, 0.25) is 0 Å². The van der Waals surface area contributed by atoms with Crippen molar-refractivity contribution in [3.8, 4) is 6.07 Å². The van der Waals surface area contributed by atoms with E-state index >= 15 is 0 Å². The Labute approximate surface area is 169 Å². The molecular formula is C26H43N. The van der Waals surface area contributed by atoms with Crippen LogP contribution < -0.4 is 0 Å². The van der Waals surface area contributed by atoms with Crippen molar-refractivity contribution in [1.82, 2.24) is 0 Å². The van der Waals surface area contributed by atoms with Crippen molar-refractivity contribution in [2.75, 3.05) is 0 Å². The number of unbranched alkanes of at least 4 members (excludes halogenated alkanes) is 4. The average molecular weight is 370 g/mol. The molecule has 2 aliphatic rings. The van der Waals surface area contributed by atoms with Gasteiger partial charge in [0.15, 0.2) is 0 Å². The quantitative estimate of drug-likeness (QED) is 0.204. The lowest BCUT2D eigenvalue weighted by Crippen LogP contribution is -2.15. The predicted molar refractivity (Wildman–Crippen MR) is 117 cm³/mol. The van der Waals surface area contributed by atoms with E-state index in [9.17, 15) is 0 Å². The smallest absolute Gasteiger partial charge is 0.0908 e. The minimum absolute atomic E-state index is 0.840.